The minimum absolute atomic E-state index is 0.0123. The van der Waals surface area contributed by atoms with Crippen LogP contribution >= 0.6 is 0 Å². The van der Waals surface area contributed by atoms with Gasteiger partial charge in [-0.3, -0.25) is 4.79 Å². The molecule has 0 radical (unpaired) electrons. The molecule has 0 unspecified atom stereocenters. The first-order valence-electron chi connectivity index (χ1n) is 7.45. The highest BCUT2D eigenvalue weighted by Gasteiger charge is 2.19. The normalized spacial score (nSPS) is 11.8. The highest BCUT2D eigenvalue weighted by Crippen LogP contribution is 2.32. The number of imidazole rings is 1. The maximum absolute atomic E-state index is 14.2. The van der Waals surface area contributed by atoms with Crippen molar-refractivity contribution in [3.8, 4) is 11.5 Å². The van der Waals surface area contributed by atoms with Crippen molar-refractivity contribution in [2.24, 2.45) is 0 Å². The second kappa shape index (κ2) is 6.95. The number of nitrogens with one attached hydrogen (secondary N) is 1. The molecule has 0 saturated carbocycles. The monoisotopic (exact) mass is 325 g/mol. The van der Waals surface area contributed by atoms with Crippen molar-refractivity contribution in [2.75, 3.05) is 5.32 Å². The minimum Gasteiger partial charge on any atom is -0.455 e. The molecule has 3 aromatic rings. The highest BCUT2D eigenvalue weighted by atomic mass is 19.1. The number of hydrogen-bond acceptors (Lipinski definition) is 3. The minimum atomic E-state index is -0.561. The number of rotatable bonds is 5. The predicted octanol–water partition coefficient (Wildman–Crippen LogP) is 4.01. The van der Waals surface area contributed by atoms with Crippen LogP contribution in [0, 0.1) is 5.82 Å². The van der Waals surface area contributed by atoms with E-state index < -0.39 is 11.9 Å². The quantitative estimate of drug-likeness (QED) is 0.771. The molecule has 1 atom stereocenters. The zero-order chi connectivity index (χ0) is 16.9. The van der Waals surface area contributed by atoms with Gasteiger partial charge in [-0.05, 0) is 31.2 Å². The summed E-state index contributed by atoms with van der Waals surface area (Å²) in [5, 5.41) is 2.60. The number of carbonyl (C=O) groups is 1. The van der Waals surface area contributed by atoms with Crippen molar-refractivity contribution in [3.63, 3.8) is 0 Å². The fourth-order valence-electron chi connectivity index (χ4n) is 2.19. The zero-order valence-electron chi connectivity index (χ0n) is 13.0. The molecular weight excluding hydrogens is 309 g/mol. The molecule has 1 N–H and O–H groups in total. The number of ether oxygens (including phenoxy) is 1. The number of halogens is 1. The topological polar surface area (TPSA) is 56.1 Å². The number of nitrogens with zero attached hydrogens (tertiary/aromatic N) is 2. The molecule has 0 saturated heterocycles. The van der Waals surface area contributed by atoms with E-state index in [-0.39, 0.29) is 17.3 Å². The van der Waals surface area contributed by atoms with Gasteiger partial charge in [0.25, 0.3) is 0 Å². The van der Waals surface area contributed by atoms with Crippen LogP contribution in [0.15, 0.2) is 67.3 Å². The lowest BCUT2D eigenvalue weighted by molar-refractivity contribution is -0.118. The molecule has 0 fully saturated rings. The largest absolute Gasteiger partial charge is 0.455 e. The van der Waals surface area contributed by atoms with Crippen LogP contribution < -0.4 is 10.1 Å². The molecule has 1 amide bonds. The zero-order valence-corrected chi connectivity index (χ0v) is 13.0. The van der Waals surface area contributed by atoms with Gasteiger partial charge in [-0.1, -0.05) is 24.3 Å². The molecule has 1 heterocycles. The van der Waals surface area contributed by atoms with Crippen LogP contribution in [0.5, 0.6) is 11.5 Å². The molecule has 0 aliphatic rings. The van der Waals surface area contributed by atoms with Crippen molar-refractivity contribution in [3.05, 3.63) is 73.1 Å². The Hall–Kier alpha value is -3.15. The van der Waals surface area contributed by atoms with Gasteiger partial charge in [0.2, 0.25) is 5.91 Å². The summed E-state index contributed by atoms with van der Waals surface area (Å²) in [6.07, 6.45) is 4.79. The van der Waals surface area contributed by atoms with E-state index in [0.29, 0.717) is 5.75 Å². The number of aromatic nitrogens is 2. The summed E-state index contributed by atoms with van der Waals surface area (Å²) in [4.78, 5) is 16.3. The van der Waals surface area contributed by atoms with Crippen LogP contribution in [0.25, 0.3) is 0 Å². The molecule has 122 valence electrons. The van der Waals surface area contributed by atoms with Gasteiger partial charge in [-0.25, -0.2) is 9.37 Å². The van der Waals surface area contributed by atoms with Gasteiger partial charge >= 0.3 is 0 Å². The third-order valence-corrected chi connectivity index (χ3v) is 3.55. The summed E-state index contributed by atoms with van der Waals surface area (Å²) in [6.45, 7) is 1.70. The maximum Gasteiger partial charge on any atom is 0.247 e. The van der Waals surface area contributed by atoms with E-state index in [0.717, 1.165) is 0 Å². The van der Waals surface area contributed by atoms with E-state index in [9.17, 15) is 9.18 Å². The standard InChI is InChI=1S/C18H16FN3O2/c1-13(22-11-10-20-12-22)18(23)21-17-15(19)8-5-9-16(17)24-14-6-3-2-4-7-14/h2-13H,1H3,(H,21,23)/t13-/m1/s1. The van der Waals surface area contributed by atoms with E-state index in [1.54, 1.807) is 42.1 Å². The van der Waals surface area contributed by atoms with Crippen LogP contribution in [0.4, 0.5) is 10.1 Å². The van der Waals surface area contributed by atoms with E-state index in [2.05, 4.69) is 10.3 Å². The molecule has 0 aliphatic carbocycles. The van der Waals surface area contributed by atoms with E-state index in [1.165, 1.54) is 18.5 Å². The lowest BCUT2D eigenvalue weighted by atomic mass is 10.2. The number of carbonyl (C=O) groups excluding carboxylic acids is 1. The Balaban J connectivity index is 1.83. The average Bonchev–Trinajstić information content (AvgIpc) is 3.12. The molecule has 2 aromatic carbocycles. The van der Waals surface area contributed by atoms with Crippen molar-refractivity contribution >= 4 is 11.6 Å². The Kier molecular flexibility index (Phi) is 4.56. The summed E-state index contributed by atoms with van der Waals surface area (Å²) in [6, 6.07) is 12.9. The third-order valence-electron chi connectivity index (χ3n) is 3.55. The summed E-state index contributed by atoms with van der Waals surface area (Å²) in [7, 11) is 0. The molecular formula is C18H16FN3O2. The second-order valence-corrected chi connectivity index (χ2v) is 5.20. The lowest BCUT2D eigenvalue weighted by Crippen LogP contribution is -2.23. The molecule has 0 aliphatic heterocycles. The summed E-state index contributed by atoms with van der Waals surface area (Å²) >= 11 is 0. The SMILES string of the molecule is C[C@H](C(=O)Nc1c(F)cccc1Oc1ccccc1)n1ccnc1. The van der Waals surface area contributed by atoms with E-state index in [4.69, 9.17) is 4.74 Å². The predicted molar refractivity (Wildman–Crippen MR) is 88.5 cm³/mol. The highest BCUT2D eigenvalue weighted by molar-refractivity contribution is 5.95. The molecule has 5 nitrogen and oxygen atoms in total. The van der Waals surface area contributed by atoms with Crippen LogP contribution in [-0.4, -0.2) is 15.5 Å². The Morgan fingerprint density at radius 1 is 1.21 bits per heavy atom. The number of hydrogen-bond donors (Lipinski definition) is 1. The molecule has 0 bridgehead atoms. The Morgan fingerprint density at radius 3 is 2.71 bits per heavy atom. The lowest BCUT2D eigenvalue weighted by Gasteiger charge is -2.16. The fourth-order valence-corrected chi connectivity index (χ4v) is 2.19. The van der Waals surface area contributed by atoms with Crippen LogP contribution in [0.2, 0.25) is 0 Å². The summed E-state index contributed by atoms with van der Waals surface area (Å²) in [5.41, 5.74) is 0.0123. The Bertz CT molecular complexity index is 820. The fraction of sp³-hybridized carbons (Fsp3) is 0.111. The van der Waals surface area contributed by atoms with Gasteiger partial charge in [0.05, 0.1) is 6.33 Å². The van der Waals surface area contributed by atoms with Crippen molar-refractivity contribution in [1.82, 2.24) is 9.55 Å². The van der Waals surface area contributed by atoms with Gasteiger partial charge < -0.3 is 14.6 Å². The summed E-state index contributed by atoms with van der Waals surface area (Å²) < 4.78 is 21.5. The summed E-state index contributed by atoms with van der Waals surface area (Å²) in [5.74, 6) is -0.126. The Morgan fingerprint density at radius 2 is 2.00 bits per heavy atom. The van der Waals surface area contributed by atoms with Crippen molar-refractivity contribution in [2.45, 2.75) is 13.0 Å². The first-order valence-corrected chi connectivity index (χ1v) is 7.45. The second-order valence-electron chi connectivity index (χ2n) is 5.20. The third kappa shape index (κ3) is 3.43. The van der Waals surface area contributed by atoms with Gasteiger partial charge in [-0.15, -0.1) is 0 Å². The van der Waals surface area contributed by atoms with Crippen molar-refractivity contribution in [1.29, 1.82) is 0 Å². The molecule has 3 rings (SSSR count). The first kappa shape index (κ1) is 15.7. The molecule has 6 heteroatoms. The number of anilines is 1. The van der Waals surface area contributed by atoms with Crippen molar-refractivity contribution < 1.29 is 13.9 Å². The van der Waals surface area contributed by atoms with Gasteiger partial charge in [-0.2, -0.15) is 0 Å². The van der Waals surface area contributed by atoms with Gasteiger partial charge in [0, 0.05) is 12.4 Å². The van der Waals surface area contributed by atoms with Gasteiger partial charge in [0.15, 0.2) is 11.6 Å². The number of amides is 1. The smallest absolute Gasteiger partial charge is 0.247 e. The molecule has 0 spiro atoms. The molecule has 1 aromatic heterocycles. The molecule has 24 heavy (non-hydrogen) atoms. The number of para-hydroxylation sites is 2. The first-order chi connectivity index (χ1) is 11.6. The van der Waals surface area contributed by atoms with Gasteiger partial charge in [0.1, 0.15) is 17.5 Å². The Labute approximate surface area is 138 Å². The van der Waals surface area contributed by atoms with Crippen LogP contribution in [0.1, 0.15) is 13.0 Å². The number of benzene rings is 2. The van der Waals surface area contributed by atoms with E-state index >= 15 is 0 Å². The van der Waals surface area contributed by atoms with Crippen LogP contribution in [-0.2, 0) is 4.79 Å². The average molecular weight is 325 g/mol. The maximum atomic E-state index is 14.2. The van der Waals surface area contributed by atoms with Crippen LogP contribution in [0.3, 0.4) is 0 Å². The van der Waals surface area contributed by atoms with E-state index in [1.807, 2.05) is 18.2 Å².